The van der Waals surface area contributed by atoms with Gasteiger partial charge in [-0.05, 0) is 52.3 Å². The molecule has 0 aliphatic carbocycles. The number of nitrogens with zero attached hydrogens (tertiary/aromatic N) is 2. The Morgan fingerprint density at radius 3 is 2.48 bits per heavy atom. The molecule has 10 heteroatoms. The highest BCUT2D eigenvalue weighted by atomic mass is 79.9. The predicted molar refractivity (Wildman–Crippen MR) is 124 cm³/mol. The van der Waals surface area contributed by atoms with E-state index in [1.54, 1.807) is 6.07 Å². The van der Waals surface area contributed by atoms with Gasteiger partial charge in [0.2, 0.25) is 0 Å². The van der Waals surface area contributed by atoms with E-state index in [-0.39, 0.29) is 10.5 Å². The second-order valence-corrected chi connectivity index (χ2v) is 10.1. The topological polar surface area (TPSA) is 115 Å². The summed E-state index contributed by atoms with van der Waals surface area (Å²) in [5, 5.41) is 3.71. The van der Waals surface area contributed by atoms with E-state index in [1.807, 2.05) is 24.3 Å². The molecule has 0 unspecified atom stereocenters. The summed E-state index contributed by atoms with van der Waals surface area (Å²) in [4.78, 5) is 18.7. The van der Waals surface area contributed by atoms with Crippen LogP contribution in [0, 0.1) is 0 Å². The number of pyridine rings is 1. The van der Waals surface area contributed by atoms with Crippen molar-refractivity contribution in [1.29, 1.82) is 0 Å². The maximum Gasteiger partial charge on any atom is 0.252 e. The quantitative estimate of drug-likeness (QED) is 0.548. The number of anilines is 3. The third-order valence-electron chi connectivity index (χ3n) is 5.10. The van der Waals surface area contributed by atoms with Gasteiger partial charge in [-0.2, -0.15) is 0 Å². The number of hydrogen-bond donors (Lipinski definition) is 2. The zero-order valence-corrected chi connectivity index (χ0v) is 19.2. The number of benzene rings is 2. The summed E-state index contributed by atoms with van der Waals surface area (Å²) in [7, 11) is -3.50. The number of primary amides is 1. The highest BCUT2D eigenvalue weighted by molar-refractivity contribution is 9.10. The zero-order chi connectivity index (χ0) is 22.2. The number of amides is 1. The third-order valence-corrected chi connectivity index (χ3v) is 7.15. The van der Waals surface area contributed by atoms with Crippen molar-refractivity contribution in [2.45, 2.75) is 4.90 Å². The van der Waals surface area contributed by atoms with Crippen LogP contribution in [0.4, 0.5) is 17.1 Å². The summed E-state index contributed by atoms with van der Waals surface area (Å²) < 4.78 is 30.2. The number of nitrogens with one attached hydrogen (secondary N) is 1. The monoisotopic (exact) mass is 504 g/mol. The molecule has 0 spiro atoms. The van der Waals surface area contributed by atoms with Crippen LogP contribution in [-0.4, -0.2) is 51.9 Å². The number of carbonyl (C=O) groups excluding carboxylic acids is 1. The third kappa shape index (κ3) is 4.51. The molecular formula is C21H21BrN4O4S. The van der Waals surface area contributed by atoms with Gasteiger partial charge in [-0.1, -0.05) is 0 Å². The van der Waals surface area contributed by atoms with E-state index in [4.69, 9.17) is 10.5 Å². The number of carbonyl (C=O) groups is 1. The first-order chi connectivity index (χ1) is 14.7. The Balaban J connectivity index is 1.78. The number of fused-ring (bicyclic) bond motifs is 1. The lowest BCUT2D eigenvalue weighted by Gasteiger charge is -2.29. The van der Waals surface area contributed by atoms with E-state index in [0.717, 1.165) is 30.7 Å². The molecule has 0 atom stereocenters. The predicted octanol–water partition coefficient (Wildman–Crippen LogP) is 3.08. The molecule has 2 heterocycles. The van der Waals surface area contributed by atoms with Crippen LogP contribution >= 0.6 is 15.9 Å². The van der Waals surface area contributed by atoms with Crippen LogP contribution in [0.15, 0.2) is 52.0 Å². The Labute approximate surface area is 188 Å². The van der Waals surface area contributed by atoms with Crippen molar-refractivity contribution in [3.8, 4) is 0 Å². The highest BCUT2D eigenvalue weighted by Crippen LogP contribution is 2.34. The maximum absolute atomic E-state index is 12.2. The first-order valence-electron chi connectivity index (χ1n) is 9.56. The normalized spacial score (nSPS) is 14.6. The molecule has 2 aromatic carbocycles. The van der Waals surface area contributed by atoms with Crippen LogP contribution in [0.25, 0.3) is 10.9 Å². The molecule has 0 saturated carbocycles. The van der Waals surface area contributed by atoms with E-state index in [2.05, 4.69) is 31.1 Å². The van der Waals surface area contributed by atoms with Crippen LogP contribution in [0.1, 0.15) is 10.4 Å². The van der Waals surface area contributed by atoms with Crippen molar-refractivity contribution in [2.24, 2.45) is 5.73 Å². The fourth-order valence-corrected chi connectivity index (χ4v) is 5.48. The minimum absolute atomic E-state index is 0.106. The summed E-state index contributed by atoms with van der Waals surface area (Å²) in [5.74, 6) is -0.661. The molecular weight excluding hydrogens is 484 g/mol. The van der Waals surface area contributed by atoms with Crippen molar-refractivity contribution in [3.63, 3.8) is 0 Å². The number of morpholine rings is 1. The molecule has 3 N–H and O–H groups in total. The molecule has 0 radical (unpaired) electrons. The Kier molecular flexibility index (Phi) is 5.87. The molecule has 0 bridgehead atoms. The van der Waals surface area contributed by atoms with Crippen LogP contribution in [0.3, 0.4) is 0 Å². The fraction of sp³-hybridized carbons (Fsp3) is 0.238. The smallest absolute Gasteiger partial charge is 0.252 e. The Bertz CT molecular complexity index is 1260. The highest BCUT2D eigenvalue weighted by Gasteiger charge is 2.19. The van der Waals surface area contributed by atoms with E-state index in [9.17, 15) is 13.2 Å². The molecule has 3 aromatic rings. The van der Waals surface area contributed by atoms with Gasteiger partial charge in [0.25, 0.3) is 5.91 Å². The van der Waals surface area contributed by atoms with Crippen molar-refractivity contribution in [2.75, 3.05) is 42.8 Å². The molecule has 1 aliphatic rings. The summed E-state index contributed by atoms with van der Waals surface area (Å²) in [6.45, 7) is 3.06. The van der Waals surface area contributed by atoms with Gasteiger partial charge in [-0.3, -0.25) is 9.78 Å². The summed E-state index contributed by atoms with van der Waals surface area (Å²) in [5.41, 5.74) is 8.49. The van der Waals surface area contributed by atoms with Gasteiger partial charge in [0.15, 0.2) is 9.84 Å². The molecule has 8 nitrogen and oxygen atoms in total. The van der Waals surface area contributed by atoms with Crippen molar-refractivity contribution in [3.05, 3.63) is 52.6 Å². The standard InChI is InChI=1S/C21H21BrN4O4S/c1-31(28,29)19-10-15-18(11-17(19)22)24-12-16(21(23)27)20(15)25-13-2-4-14(5-3-13)26-6-8-30-9-7-26/h2-5,10-12H,6-9H2,1H3,(H2,23,27)(H,24,25). The minimum atomic E-state index is -3.50. The fourth-order valence-electron chi connectivity index (χ4n) is 3.52. The van der Waals surface area contributed by atoms with E-state index >= 15 is 0 Å². The van der Waals surface area contributed by atoms with Crippen molar-refractivity contribution < 1.29 is 17.9 Å². The van der Waals surface area contributed by atoms with Gasteiger partial charge in [-0.25, -0.2) is 8.42 Å². The molecule has 1 amide bonds. The molecule has 4 rings (SSSR count). The second-order valence-electron chi connectivity index (χ2n) is 7.25. The van der Waals surface area contributed by atoms with Crippen LogP contribution in [0.2, 0.25) is 0 Å². The zero-order valence-electron chi connectivity index (χ0n) is 16.8. The van der Waals surface area contributed by atoms with Gasteiger partial charge in [-0.15, -0.1) is 0 Å². The van der Waals surface area contributed by atoms with E-state index in [0.29, 0.717) is 34.3 Å². The minimum Gasteiger partial charge on any atom is -0.378 e. The summed E-state index contributed by atoms with van der Waals surface area (Å²) >= 11 is 3.29. The largest absolute Gasteiger partial charge is 0.378 e. The first-order valence-corrected chi connectivity index (χ1v) is 12.2. The lowest BCUT2D eigenvalue weighted by atomic mass is 10.1. The number of nitrogens with two attached hydrogens (primary N) is 1. The van der Waals surface area contributed by atoms with Gasteiger partial charge < -0.3 is 20.7 Å². The lowest BCUT2D eigenvalue weighted by molar-refractivity contribution is 0.100. The molecule has 1 saturated heterocycles. The maximum atomic E-state index is 12.2. The molecule has 1 aliphatic heterocycles. The molecule has 31 heavy (non-hydrogen) atoms. The van der Waals surface area contributed by atoms with Gasteiger partial charge >= 0.3 is 0 Å². The van der Waals surface area contributed by atoms with Crippen molar-refractivity contribution >= 4 is 59.6 Å². The molecule has 1 aromatic heterocycles. The number of aromatic nitrogens is 1. The van der Waals surface area contributed by atoms with Crippen LogP contribution in [-0.2, 0) is 14.6 Å². The van der Waals surface area contributed by atoms with Crippen LogP contribution < -0.4 is 16.0 Å². The number of halogens is 1. The molecule has 1 fully saturated rings. The Hall–Kier alpha value is -2.69. The Morgan fingerprint density at radius 2 is 1.87 bits per heavy atom. The Morgan fingerprint density at radius 1 is 1.19 bits per heavy atom. The summed E-state index contributed by atoms with van der Waals surface area (Å²) in [6, 6.07) is 10.9. The van der Waals surface area contributed by atoms with E-state index in [1.165, 1.54) is 12.3 Å². The molecule has 162 valence electrons. The average Bonchev–Trinajstić information content (AvgIpc) is 2.73. The summed E-state index contributed by atoms with van der Waals surface area (Å²) in [6.07, 6.45) is 2.52. The lowest BCUT2D eigenvalue weighted by Crippen LogP contribution is -2.36. The number of sulfone groups is 1. The van der Waals surface area contributed by atoms with Gasteiger partial charge in [0.05, 0.1) is 34.9 Å². The SMILES string of the molecule is CS(=O)(=O)c1cc2c(Nc3ccc(N4CCOCC4)cc3)c(C(N)=O)cnc2cc1Br. The van der Waals surface area contributed by atoms with E-state index < -0.39 is 15.7 Å². The number of rotatable bonds is 5. The number of hydrogen-bond acceptors (Lipinski definition) is 7. The van der Waals surface area contributed by atoms with Crippen molar-refractivity contribution in [1.82, 2.24) is 4.98 Å². The van der Waals surface area contributed by atoms with Crippen LogP contribution in [0.5, 0.6) is 0 Å². The van der Waals surface area contributed by atoms with Gasteiger partial charge in [0, 0.05) is 46.8 Å². The first kappa shape index (κ1) is 21.5. The average molecular weight is 505 g/mol. The second kappa shape index (κ2) is 8.45. The number of ether oxygens (including phenoxy) is 1. The van der Waals surface area contributed by atoms with Gasteiger partial charge in [0.1, 0.15) is 0 Å².